The number of esters is 1. The van der Waals surface area contributed by atoms with Crippen LogP contribution in [0, 0.1) is 5.92 Å². The molecule has 16 heavy (non-hydrogen) atoms. The van der Waals surface area contributed by atoms with Crippen LogP contribution in [-0.2, 0) is 16.0 Å². The van der Waals surface area contributed by atoms with Gasteiger partial charge in [-0.15, -0.1) is 5.10 Å². The molecule has 0 amide bonds. The number of H-pyrrole nitrogens is 1. The number of hydrogen-bond donors (Lipinski definition) is 1. The van der Waals surface area contributed by atoms with E-state index in [1.807, 2.05) is 20.8 Å². The maximum absolute atomic E-state index is 11.5. The van der Waals surface area contributed by atoms with E-state index in [0.29, 0.717) is 5.16 Å². The summed E-state index contributed by atoms with van der Waals surface area (Å²) in [4.78, 5) is 15.8. The number of rotatable bonds is 5. The smallest absolute Gasteiger partial charge is 0.319 e. The fourth-order valence-corrected chi connectivity index (χ4v) is 2.13. The van der Waals surface area contributed by atoms with Crippen LogP contribution in [0.25, 0.3) is 0 Å². The van der Waals surface area contributed by atoms with Crippen molar-refractivity contribution in [3.63, 3.8) is 0 Å². The van der Waals surface area contributed by atoms with E-state index in [9.17, 15) is 4.79 Å². The highest BCUT2D eigenvalue weighted by molar-refractivity contribution is 8.00. The molecule has 6 heteroatoms. The molecule has 0 fully saturated rings. The Labute approximate surface area is 99.4 Å². The van der Waals surface area contributed by atoms with Crippen LogP contribution in [-0.4, -0.2) is 33.5 Å². The molecule has 1 atom stereocenters. The van der Waals surface area contributed by atoms with Crippen LogP contribution in [0.2, 0.25) is 0 Å². The van der Waals surface area contributed by atoms with Crippen molar-refractivity contribution in [2.75, 3.05) is 7.11 Å². The van der Waals surface area contributed by atoms with Crippen molar-refractivity contribution in [2.24, 2.45) is 5.92 Å². The summed E-state index contributed by atoms with van der Waals surface area (Å²) in [6, 6.07) is 0. The van der Waals surface area contributed by atoms with Crippen molar-refractivity contribution in [1.82, 2.24) is 15.2 Å². The van der Waals surface area contributed by atoms with E-state index in [4.69, 9.17) is 4.74 Å². The summed E-state index contributed by atoms with van der Waals surface area (Å²) in [7, 11) is 1.40. The highest BCUT2D eigenvalue weighted by Gasteiger charge is 2.25. The van der Waals surface area contributed by atoms with Gasteiger partial charge in [-0.05, 0) is 5.92 Å². The molecule has 1 heterocycles. The van der Waals surface area contributed by atoms with Gasteiger partial charge in [-0.1, -0.05) is 32.5 Å². The number of carbonyl (C=O) groups is 1. The van der Waals surface area contributed by atoms with Crippen LogP contribution >= 0.6 is 11.8 Å². The van der Waals surface area contributed by atoms with Gasteiger partial charge in [0.25, 0.3) is 0 Å². The molecule has 0 bridgehead atoms. The third kappa shape index (κ3) is 3.23. The molecule has 0 unspecified atom stereocenters. The number of nitrogens with one attached hydrogen (secondary N) is 1. The molecule has 1 aromatic heterocycles. The van der Waals surface area contributed by atoms with Gasteiger partial charge in [-0.25, -0.2) is 4.98 Å². The Kier molecular flexibility index (Phi) is 4.79. The first-order chi connectivity index (χ1) is 7.58. The minimum atomic E-state index is -0.259. The van der Waals surface area contributed by atoms with E-state index in [-0.39, 0.29) is 17.1 Å². The third-order valence-electron chi connectivity index (χ3n) is 2.12. The van der Waals surface area contributed by atoms with E-state index < -0.39 is 0 Å². The lowest BCUT2D eigenvalue weighted by atomic mass is 10.1. The van der Waals surface area contributed by atoms with Crippen molar-refractivity contribution in [1.29, 1.82) is 0 Å². The molecule has 0 aliphatic heterocycles. The molecule has 90 valence electrons. The second kappa shape index (κ2) is 5.89. The molecule has 1 N–H and O–H groups in total. The van der Waals surface area contributed by atoms with Gasteiger partial charge in [-0.3, -0.25) is 9.89 Å². The molecule has 0 saturated carbocycles. The van der Waals surface area contributed by atoms with Crippen molar-refractivity contribution >= 4 is 17.7 Å². The number of methoxy groups -OCH3 is 1. The van der Waals surface area contributed by atoms with Crippen LogP contribution in [0.3, 0.4) is 0 Å². The van der Waals surface area contributed by atoms with E-state index in [1.165, 1.54) is 18.9 Å². The molecule has 0 radical (unpaired) electrons. The fourth-order valence-electron chi connectivity index (χ4n) is 1.17. The summed E-state index contributed by atoms with van der Waals surface area (Å²) in [6.07, 6.45) is 0.804. The summed E-state index contributed by atoms with van der Waals surface area (Å²) in [6.45, 7) is 5.94. The van der Waals surface area contributed by atoms with Crippen LogP contribution in [0.4, 0.5) is 0 Å². The lowest BCUT2D eigenvalue weighted by Gasteiger charge is -2.15. The third-order valence-corrected chi connectivity index (χ3v) is 3.50. The molecule has 0 saturated heterocycles. The zero-order valence-corrected chi connectivity index (χ0v) is 10.8. The van der Waals surface area contributed by atoms with E-state index in [2.05, 4.69) is 15.2 Å². The molecule has 5 nitrogen and oxygen atoms in total. The Morgan fingerprint density at radius 2 is 2.25 bits per heavy atom. The van der Waals surface area contributed by atoms with Crippen molar-refractivity contribution in [3.05, 3.63) is 5.82 Å². The van der Waals surface area contributed by atoms with Gasteiger partial charge >= 0.3 is 5.97 Å². The average molecular weight is 243 g/mol. The maximum Gasteiger partial charge on any atom is 0.319 e. The number of ether oxygens (including phenoxy) is 1. The Balaban J connectivity index is 2.71. The van der Waals surface area contributed by atoms with E-state index >= 15 is 0 Å². The molecule has 0 aliphatic rings. The number of hydrogen-bond acceptors (Lipinski definition) is 5. The van der Waals surface area contributed by atoms with Gasteiger partial charge < -0.3 is 4.74 Å². The first-order valence-electron chi connectivity index (χ1n) is 5.24. The number of carbonyl (C=O) groups excluding carboxylic acids is 1. The lowest BCUT2D eigenvalue weighted by Crippen LogP contribution is -2.24. The molecular weight excluding hydrogens is 226 g/mol. The number of nitrogens with zero attached hydrogens (tertiary/aromatic N) is 2. The average Bonchev–Trinajstić information content (AvgIpc) is 2.72. The molecule has 0 aromatic carbocycles. The zero-order chi connectivity index (χ0) is 12.1. The number of aryl methyl sites for hydroxylation is 1. The lowest BCUT2D eigenvalue weighted by molar-refractivity contribution is -0.140. The second-order valence-corrected chi connectivity index (χ2v) is 4.83. The van der Waals surface area contributed by atoms with E-state index in [0.717, 1.165) is 12.2 Å². The summed E-state index contributed by atoms with van der Waals surface area (Å²) in [5, 5.41) is 7.21. The number of aromatic amines is 1. The normalized spacial score (nSPS) is 12.8. The zero-order valence-electron chi connectivity index (χ0n) is 9.98. The topological polar surface area (TPSA) is 67.9 Å². The summed E-state index contributed by atoms with van der Waals surface area (Å²) in [5.74, 6) is 0.777. The highest BCUT2D eigenvalue weighted by atomic mass is 32.2. The van der Waals surface area contributed by atoms with Crippen LogP contribution < -0.4 is 0 Å². The second-order valence-electron chi connectivity index (χ2n) is 3.72. The van der Waals surface area contributed by atoms with Crippen molar-refractivity contribution in [2.45, 2.75) is 37.6 Å². The van der Waals surface area contributed by atoms with Crippen molar-refractivity contribution in [3.8, 4) is 0 Å². The number of aromatic nitrogens is 3. The quantitative estimate of drug-likeness (QED) is 0.629. The van der Waals surface area contributed by atoms with Gasteiger partial charge in [0.15, 0.2) is 0 Å². The Morgan fingerprint density at radius 3 is 2.69 bits per heavy atom. The highest BCUT2D eigenvalue weighted by Crippen LogP contribution is 2.26. The monoisotopic (exact) mass is 243 g/mol. The molecule has 1 aromatic rings. The molecule has 0 spiro atoms. The summed E-state index contributed by atoms with van der Waals surface area (Å²) < 4.78 is 4.75. The van der Waals surface area contributed by atoms with Gasteiger partial charge in [-0.2, -0.15) is 0 Å². The van der Waals surface area contributed by atoms with Crippen LogP contribution in [0.5, 0.6) is 0 Å². The fraction of sp³-hybridized carbons (Fsp3) is 0.700. The molecule has 0 aliphatic carbocycles. The Morgan fingerprint density at radius 1 is 1.56 bits per heavy atom. The molecule has 1 rings (SSSR count). The van der Waals surface area contributed by atoms with Gasteiger partial charge in [0, 0.05) is 6.42 Å². The first kappa shape index (κ1) is 13.0. The summed E-state index contributed by atoms with van der Waals surface area (Å²) >= 11 is 1.34. The van der Waals surface area contributed by atoms with Gasteiger partial charge in [0.05, 0.1) is 7.11 Å². The van der Waals surface area contributed by atoms with Crippen molar-refractivity contribution < 1.29 is 9.53 Å². The number of thioether (sulfide) groups is 1. The SMILES string of the molecule is CCc1nc(S[C@H](C(=O)OC)C(C)C)n[nH]1. The first-order valence-corrected chi connectivity index (χ1v) is 6.12. The van der Waals surface area contributed by atoms with E-state index in [1.54, 1.807) is 0 Å². The Hall–Kier alpha value is -1.04. The predicted octanol–water partition coefficient (Wildman–Crippen LogP) is 1.66. The van der Waals surface area contributed by atoms with Gasteiger partial charge in [0.2, 0.25) is 5.16 Å². The molecular formula is C10H17N3O2S. The predicted molar refractivity (Wildman–Crippen MR) is 62.3 cm³/mol. The minimum Gasteiger partial charge on any atom is -0.468 e. The Bertz CT molecular complexity index is 352. The maximum atomic E-state index is 11.5. The van der Waals surface area contributed by atoms with Crippen LogP contribution in [0.15, 0.2) is 5.16 Å². The van der Waals surface area contributed by atoms with Crippen LogP contribution in [0.1, 0.15) is 26.6 Å². The summed E-state index contributed by atoms with van der Waals surface area (Å²) in [5.41, 5.74) is 0. The standard InChI is InChI=1S/C10H17N3O2S/c1-5-7-11-10(13-12-7)16-8(6(2)3)9(14)15-4/h6,8H,5H2,1-4H3,(H,11,12,13)/t8-/m0/s1. The largest absolute Gasteiger partial charge is 0.468 e. The van der Waals surface area contributed by atoms with Gasteiger partial charge in [0.1, 0.15) is 11.1 Å². The minimum absolute atomic E-state index is 0.182.